The molecule has 0 unspecified atom stereocenters. The van der Waals surface area contributed by atoms with Crippen molar-refractivity contribution in [1.82, 2.24) is 10.6 Å². The van der Waals surface area contributed by atoms with Crippen LogP contribution in [0.3, 0.4) is 0 Å². The van der Waals surface area contributed by atoms with Gasteiger partial charge in [0.1, 0.15) is 5.70 Å². The molecule has 0 bridgehead atoms. The largest absolute Gasteiger partial charge is 0.550 e. The van der Waals surface area contributed by atoms with Crippen molar-refractivity contribution in [2.24, 2.45) is 0 Å². The van der Waals surface area contributed by atoms with Crippen LogP contribution in [0.2, 0.25) is 0 Å². The first-order valence-electron chi connectivity index (χ1n) is 7.66. The van der Waals surface area contributed by atoms with E-state index in [1.54, 1.807) is 0 Å². The maximum atomic E-state index is 12.3. The Kier molecular flexibility index (Phi) is 6.42. The van der Waals surface area contributed by atoms with Crippen LogP contribution in [0.25, 0.3) is 6.08 Å². The van der Waals surface area contributed by atoms with Crippen LogP contribution in [0, 0.1) is 10.1 Å². The van der Waals surface area contributed by atoms with E-state index in [2.05, 4.69) is 10.6 Å². The maximum Gasteiger partial charge on any atom is 0.291 e. The Balaban J connectivity index is 2.26. The molecular weight excluding hydrogens is 358 g/mol. The summed E-state index contributed by atoms with van der Waals surface area (Å²) in [4.78, 5) is 45.1. The van der Waals surface area contributed by atoms with Crippen LogP contribution >= 0.6 is 0 Å². The molecule has 0 spiro atoms. The third-order valence-electron chi connectivity index (χ3n) is 3.24. The molecule has 0 aliphatic rings. The lowest BCUT2D eigenvalue weighted by molar-refractivity contribution is -0.384. The van der Waals surface area contributed by atoms with Crippen LogP contribution < -0.4 is 15.7 Å². The van der Waals surface area contributed by atoms with Gasteiger partial charge >= 0.3 is 0 Å². The predicted molar refractivity (Wildman–Crippen MR) is 89.9 cm³/mol. The third-order valence-corrected chi connectivity index (χ3v) is 3.24. The van der Waals surface area contributed by atoms with Crippen LogP contribution in [-0.4, -0.2) is 29.3 Å². The van der Waals surface area contributed by atoms with Crippen molar-refractivity contribution < 1.29 is 28.8 Å². The molecule has 0 saturated heterocycles. The molecule has 0 saturated carbocycles. The number of nitro groups is 1. The Morgan fingerprint density at radius 2 is 1.96 bits per heavy atom. The zero-order valence-corrected chi connectivity index (χ0v) is 13.8. The maximum absolute atomic E-state index is 12.3. The van der Waals surface area contributed by atoms with E-state index in [9.17, 15) is 29.6 Å². The number of amides is 2. The van der Waals surface area contributed by atoms with Gasteiger partial charge in [0.05, 0.1) is 11.2 Å². The SMILES string of the molecule is O=C([O-])CCNC(=O)/C(=C/c1cccc([N+](=O)[O-])c1)NC(=O)c1ccco1. The monoisotopic (exact) mass is 372 g/mol. The van der Waals surface area contributed by atoms with Crippen LogP contribution in [0.4, 0.5) is 5.69 Å². The Bertz CT molecular complexity index is 888. The lowest BCUT2D eigenvalue weighted by atomic mass is 10.1. The van der Waals surface area contributed by atoms with Crippen LogP contribution in [0.15, 0.2) is 52.8 Å². The molecule has 2 amide bonds. The second kappa shape index (κ2) is 8.94. The van der Waals surface area contributed by atoms with Gasteiger partial charge in [-0.2, -0.15) is 0 Å². The highest BCUT2D eigenvalue weighted by atomic mass is 16.6. The number of carbonyl (C=O) groups is 3. The van der Waals surface area contributed by atoms with E-state index in [4.69, 9.17) is 4.42 Å². The summed E-state index contributed by atoms with van der Waals surface area (Å²) >= 11 is 0. The van der Waals surface area contributed by atoms with Gasteiger partial charge in [0.25, 0.3) is 17.5 Å². The summed E-state index contributed by atoms with van der Waals surface area (Å²) < 4.78 is 4.94. The molecule has 0 atom stereocenters. The fourth-order valence-corrected chi connectivity index (χ4v) is 2.02. The molecule has 0 aliphatic heterocycles. The highest BCUT2D eigenvalue weighted by Gasteiger charge is 2.16. The van der Waals surface area contributed by atoms with Gasteiger partial charge in [-0.25, -0.2) is 0 Å². The number of rotatable bonds is 8. The Labute approximate surface area is 152 Å². The van der Waals surface area contributed by atoms with Crippen molar-refractivity contribution >= 4 is 29.5 Å². The Morgan fingerprint density at radius 3 is 2.59 bits per heavy atom. The number of furan rings is 1. The summed E-state index contributed by atoms with van der Waals surface area (Å²) in [6, 6.07) is 8.28. The average molecular weight is 372 g/mol. The quantitative estimate of drug-likeness (QED) is 0.381. The molecule has 27 heavy (non-hydrogen) atoms. The molecule has 10 heteroatoms. The third kappa shape index (κ3) is 5.81. The van der Waals surface area contributed by atoms with E-state index >= 15 is 0 Å². The number of nitrogens with one attached hydrogen (secondary N) is 2. The van der Waals surface area contributed by atoms with Crippen molar-refractivity contribution in [1.29, 1.82) is 0 Å². The molecule has 2 aromatic rings. The van der Waals surface area contributed by atoms with Crippen LogP contribution in [0.1, 0.15) is 22.5 Å². The van der Waals surface area contributed by atoms with Crippen LogP contribution in [-0.2, 0) is 9.59 Å². The molecule has 140 valence electrons. The van der Waals surface area contributed by atoms with Crippen molar-refractivity contribution in [3.05, 3.63) is 69.8 Å². The fourth-order valence-electron chi connectivity index (χ4n) is 2.02. The van der Waals surface area contributed by atoms with E-state index in [1.165, 1.54) is 48.7 Å². The average Bonchev–Trinajstić information content (AvgIpc) is 3.15. The molecule has 0 radical (unpaired) electrons. The number of nitrogens with zero attached hydrogens (tertiary/aromatic N) is 1. The number of hydrogen-bond acceptors (Lipinski definition) is 7. The van der Waals surface area contributed by atoms with Gasteiger partial charge in [-0.1, -0.05) is 12.1 Å². The first-order chi connectivity index (χ1) is 12.9. The second-order valence-electron chi connectivity index (χ2n) is 5.22. The number of carbonyl (C=O) groups excluding carboxylic acids is 3. The minimum atomic E-state index is -1.35. The molecule has 1 heterocycles. The fraction of sp³-hybridized carbons (Fsp3) is 0.118. The molecule has 2 N–H and O–H groups in total. The first-order valence-corrected chi connectivity index (χ1v) is 7.66. The van der Waals surface area contributed by atoms with Gasteiger partial charge < -0.3 is 25.0 Å². The smallest absolute Gasteiger partial charge is 0.291 e. The molecule has 0 fully saturated rings. The lowest BCUT2D eigenvalue weighted by Gasteiger charge is -2.10. The topological polar surface area (TPSA) is 155 Å². The first kappa shape index (κ1) is 19.4. The summed E-state index contributed by atoms with van der Waals surface area (Å²) in [7, 11) is 0. The highest BCUT2D eigenvalue weighted by Crippen LogP contribution is 2.15. The highest BCUT2D eigenvalue weighted by molar-refractivity contribution is 6.04. The van der Waals surface area contributed by atoms with E-state index in [0.717, 1.165) is 0 Å². The minimum Gasteiger partial charge on any atom is -0.550 e. The summed E-state index contributed by atoms with van der Waals surface area (Å²) in [6.07, 6.45) is 2.09. The lowest BCUT2D eigenvalue weighted by Crippen LogP contribution is -2.37. The van der Waals surface area contributed by atoms with E-state index < -0.39 is 29.1 Å². The standard InChI is InChI=1S/C17H15N3O7/c21-15(22)6-7-18-16(23)13(19-17(24)14-5-2-8-27-14)10-11-3-1-4-12(9-11)20(25)26/h1-5,8-10H,6-7H2,(H,18,23)(H,19,24)(H,21,22)/p-1/b13-10-. The molecule has 2 rings (SSSR count). The second-order valence-corrected chi connectivity index (χ2v) is 5.22. The summed E-state index contributed by atoms with van der Waals surface area (Å²) in [5.74, 6) is -2.89. The van der Waals surface area contributed by atoms with Crippen molar-refractivity contribution in [2.75, 3.05) is 6.54 Å². The molecule has 1 aromatic carbocycles. The van der Waals surface area contributed by atoms with Crippen molar-refractivity contribution in [3.8, 4) is 0 Å². The molecule has 0 aliphatic carbocycles. The number of carboxylic acid groups (broad SMARTS) is 1. The number of hydrogen-bond donors (Lipinski definition) is 2. The molecular formula is C17H14N3O7-. The normalized spacial score (nSPS) is 10.9. The summed E-state index contributed by atoms with van der Waals surface area (Å²) in [5, 5.41) is 26.0. The summed E-state index contributed by atoms with van der Waals surface area (Å²) in [5.41, 5.74) is -0.151. The number of aliphatic carboxylic acids is 1. The Hall–Kier alpha value is -3.95. The summed E-state index contributed by atoms with van der Waals surface area (Å²) in [6.45, 7) is -0.218. The van der Waals surface area contributed by atoms with E-state index in [0.29, 0.717) is 0 Å². The molecule has 10 nitrogen and oxygen atoms in total. The predicted octanol–water partition coefficient (Wildman–Crippen LogP) is 0.215. The number of benzene rings is 1. The number of carboxylic acids is 1. The van der Waals surface area contributed by atoms with Gasteiger partial charge in [-0.05, 0) is 23.8 Å². The van der Waals surface area contributed by atoms with Gasteiger partial charge in [0.2, 0.25) is 0 Å². The van der Waals surface area contributed by atoms with E-state index in [-0.39, 0.29) is 29.3 Å². The van der Waals surface area contributed by atoms with Crippen molar-refractivity contribution in [2.45, 2.75) is 6.42 Å². The zero-order valence-electron chi connectivity index (χ0n) is 13.8. The zero-order chi connectivity index (χ0) is 19.8. The van der Waals surface area contributed by atoms with Crippen LogP contribution in [0.5, 0.6) is 0 Å². The number of non-ortho nitro benzene ring substituents is 1. The van der Waals surface area contributed by atoms with Gasteiger partial charge in [0, 0.05) is 31.1 Å². The van der Waals surface area contributed by atoms with Gasteiger partial charge in [0.15, 0.2) is 5.76 Å². The van der Waals surface area contributed by atoms with Gasteiger partial charge in [-0.3, -0.25) is 19.7 Å². The van der Waals surface area contributed by atoms with E-state index in [1.807, 2.05) is 0 Å². The Morgan fingerprint density at radius 1 is 1.19 bits per heavy atom. The van der Waals surface area contributed by atoms with Crippen molar-refractivity contribution in [3.63, 3.8) is 0 Å². The van der Waals surface area contributed by atoms with Gasteiger partial charge in [-0.15, -0.1) is 0 Å². The number of nitro benzene ring substituents is 1. The molecule has 1 aromatic heterocycles. The minimum absolute atomic E-state index is 0.0533.